The van der Waals surface area contributed by atoms with E-state index >= 15 is 0 Å². The predicted octanol–water partition coefficient (Wildman–Crippen LogP) is 0.0786. The summed E-state index contributed by atoms with van der Waals surface area (Å²) in [5.41, 5.74) is 0.229. The third-order valence-corrected chi connectivity index (χ3v) is 1.29. The van der Waals surface area contributed by atoms with E-state index in [-0.39, 0.29) is 5.46 Å². The molecule has 3 nitrogen and oxygen atoms in total. The van der Waals surface area contributed by atoms with Gasteiger partial charge in [0.25, 0.3) is 0 Å². The molecule has 0 fully saturated rings. The minimum absolute atomic E-state index is 0.229. The molecule has 0 atom stereocenters. The average Bonchev–Trinajstić information content (AvgIpc) is 2.03. The third kappa shape index (κ3) is 2.15. The first-order valence-electron chi connectivity index (χ1n) is 2.81. The van der Waals surface area contributed by atoms with Gasteiger partial charge in [0.1, 0.15) is 0 Å². The topological polar surface area (TPSA) is 42.4 Å². The number of pyridine rings is 1. The standard InChI is InChI=1S/C5H4BClFNO2/c7-11-6(10)4-1-2-9-5(8)3-4/h1-3,10H. The van der Waals surface area contributed by atoms with Crippen molar-refractivity contribution in [2.75, 3.05) is 0 Å². The lowest BCUT2D eigenvalue weighted by Gasteiger charge is -1.99. The molecule has 6 heteroatoms. The number of nitrogens with zero attached hydrogens (tertiary/aromatic N) is 1. The van der Waals surface area contributed by atoms with Crippen molar-refractivity contribution in [1.82, 2.24) is 4.98 Å². The van der Waals surface area contributed by atoms with Crippen molar-refractivity contribution in [3.05, 3.63) is 24.3 Å². The Labute approximate surface area is 68.1 Å². The van der Waals surface area contributed by atoms with Crippen molar-refractivity contribution >= 4 is 24.4 Å². The normalized spacial score (nSPS) is 9.73. The van der Waals surface area contributed by atoms with Gasteiger partial charge in [-0.2, -0.15) is 4.39 Å². The van der Waals surface area contributed by atoms with E-state index in [2.05, 4.69) is 9.19 Å². The van der Waals surface area contributed by atoms with Crippen LogP contribution in [0.1, 0.15) is 0 Å². The van der Waals surface area contributed by atoms with Gasteiger partial charge in [-0.3, -0.25) is 0 Å². The first-order valence-corrected chi connectivity index (χ1v) is 3.12. The lowest BCUT2D eigenvalue weighted by atomic mass is 9.81. The van der Waals surface area contributed by atoms with Gasteiger partial charge in [0.15, 0.2) is 0 Å². The van der Waals surface area contributed by atoms with E-state index in [1.54, 1.807) is 0 Å². The van der Waals surface area contributed by atoms with Gasteiger partial charge in [-0.05, 0) is 17.6 Å². The van der Waals surface area contributed by atoms with E-state index in [1.807, 2.05) is 0 Å². The predicted molar refractivity (Wildman–Crippen MR) is 38.7 cm³/mol. The van der Waals surface area contributed by atoms with Gasteiger partial charge in [-0.25, -0.2) is 4.98 Å². The third-order valence-electron chi connectivity index (χ3n) is 1.12. The van der Waals surface area contributed by atoms with Crippen LogP contribution >= 0.6 is 11.9 Å². The molecule has 1 rings (SSSR count). The molecule has 0 amide bonds. The molecule has 0 saturated carbocycles. The van der Waals surface area contributed by atoms with E-state index in [4.69, 9.17) is 16.9 Å². The van der Waals surface area contributed by atoms with Crippen molar-refractivity contribution in [3.63, 3.8) is 0 Å². The van der Waals surface area contributed by atoms with Gasteiger partial charge in [0.2, 0.25) is 5.95 Å². The number of halogens is 2. The lowest BCUT2D eigenvalue weighted by molar-refractivity contribution is 0.456. The molecule has 0 radical (unpaired) electrons. The van der Waals surface area contributed by atoms with Crippen LogP contribution in [0.15, 0.2) is 18.3 Å². The molecular formula is C5H4BClFNO2. The van der Waals surface area contributed by atoms with Gasteiger partial charge < -0.3 is 9.23 Å². The molecule has 0 aliphatic rings. The molecule has 1 aromatic rings. The molecule has 58 valence electrons. The SMILES string of the molecule is OB(OCl)c1ccnc(F)c1. The van der Waals surface area contributed by atoms with Crippen molar-refractivity contribution < 1.29 is 13.6 Å². The second-order valence-electron chi connectivity index (χ2n) is 1.85. The van der Waals surface area contributed by atoms with E-state index in [0.29, 0.717) is 0 Å². The first-order chi connectivity index (χ1) is 5.24. The molecule has 0 aliphatic carbocycles. The maximum absolute atomic E-state index is 12.3. The summed E-state index contributed by atoms with van der Waals surface area (Å²) >= 11 is 4.85. The van der Waals surface area contributed by atoms with Gasteiger partial charge in [0, 0.05) is 18.1 Å². The van der Waals surface area contributed by atoms with Gasteiger partial charge in [-0.1, -0.05) is 0 Å². The molecule has 1 heterocycles. The maximum atomic E-state index is 12.3. The molecule has 1 N–H and O–H groups in total. The number of aromatic nitrogens is 1. The van der Waals surface area contributed by atoms with Gasteiger partial charge >= 0.3 is 7.12 Å². The van der Waals surface area contributed by atoms with Crippen molar-refractivity contribution in [2.45, 2.75) is 0 Å². The molecule has 1 aromatic heterocycles. The van der Waals surface area contributed by atoms with Crippen LogP contribution in [0.2, 0.25) is 0 Å². The highest BCUT2D eigenvalue weighted by molar-refractivity contribution is 6.63. The summed E-state index contributed by atoms with van der Waals surface area (Å²) in [6.45, 7) is 0. The number of rotatable bonds is 2. The largest absolute Gasteiger partial charge is 0.508 e. The average molecular weight is 175 g/mol. The second-order valence-corrected chi connectivity index (χ2v) is 2.03. The summed E-state index contributed by atoms with van der Waals surface area (Å²) in [6.07, 6.45) is 1.21. The van der Waals surface area contributed by atoms with E-state index in [0.717, 1.165) is 6.07 Å². The molecule has 0 aliphatic heterocycles. The molecule has 0 bridgehead atoms. The Morgan fingerprint density at radius 2 is 2.45 bits per heavy atom. The van der Waals surface area contributed by atoms with Gasteiger partial charge in [0.05, 0.1) is 0 Å². The van der Waals surface area contributed by atoms with Gasteiger partial charge in [-0.15, -0.1) is 0 Å². The summed E-state index contributed by atoms with van der Waals surface area (Å²) in [5.74, 6) is -0.685. The Balaban J connectivity index is 2.86. The highest BCUT2D eigenvalue weighted by atomic mass is 35.5. The molecular weight excluding hydrogens is 171 g/mol. The summed E-state index contributed by atoms with van der Waals surface area (Å²) < 4.78 is 16.4. The highest BCUT2D eigenvalue weighted by Gasteiger charge is 2.16. The Hall–Kier alpha value is -0.645. The van der Waals surface area contributed by atoms with E-state index in [1.165, 1.54) is 12.3 Å². The van der Waals surface area contributed by atoms with Crippen molar-refractivity contribution in [2.24, 2.45) is 0 Å². The smallest absolute Gasteiger partial charge is 0.422 e. The zero-order valence-electron chi connectivity index (χ0n) is 5.37. The second kappa shape index (κ2) is 3.66. The Kier molecular flexibility index (Phi) is 2.81. The quantitative estimate of drug-likeness (QED) is 0.511. The van der Waals surface area contributed by atoms with Crippen LogP contribution in [0.5, 0.6) is 0 Å². The molecule has 0 spiro atoms. The highest BCUT2D eigenvalue weighted by Crippen LogP contribution is 1.91. The van der Waals surface area contributed by atoms with Crippen LogP contribution < -0.4 is 5.46 Å². The molecule has 0 saturated heterocycles. The van der Waals surface area contributed by atoms with Crippen LogP contribution in [-0.4, -0.2) is 17.1 Å². The maximum Gasteiger partial charge on any atom is 0.508 e. The summed E-state index contributed by atoms with van der Waals surface area (Å²) in [6, 6.07) is 2.43. The number of hydrogen-bond acceptors (Lipinski definition) is 3. The molecule has 11 heavy (non-hydrogen) atoms. The fraction of sp³-hybridized carbons (Fsp3) is 0. The molecule has 0 aromatic carbocycles. The summed E-state index contributed by atoms with van der Waals surface area (Å²) in [5, 5.41) is 8.91. The monoisotopic (exact) mass is 175 g/mol. The van der Waals surface area contributed by atoms with E-state index in [9.17, 15) is 4.39 Å². The van der Waals surface area contributed by atoms with Crippen LogP contribution in [0.25, 0.3) is 0 Å². The van der Waals surface area contributed by atoms with Crippen LogP contribution in [0.3, 0.4) is 0 Å². The zero-order valence-corrected chi connectivity index (χ0v) is 6.12. The Bertz CT molecular complexity index is 250. The van der Waals surface area contributed by atoms with E-state index < -0.39 is 13.1 Å². The number of hydrogen-bond donors (Lipinski definition) is 1. The Morgan fingerprint density at radius 3 is 3.00 bits per heavy atom. The Morgan fingerprint density at radius 1 is 1.73 bits per heavy atom. The lowest BCUT2D eigenvalue weighted by Crippen LogP contribution is -2.31. The van der Waals surface area contributed by atoms with Crippen LogP contribution in [0.4, 0.5) is 4.39 Å². The fourth-order valence-electron chi connectivity index (χ4n) is 0.622. The van der Waals surface area contributed by atoms with Crippen molar-refractivity contribution in [1.29, 1.82) is 0 Å². The first kappa shape index (κ1) is 8.45. The zero-order chi connectivity index (χ0) is 8.27. The van der Waals surface area contributed by atoms with Crippen LogP contribution in [0, 0.1) is 5.95 Å². The fourth-order valence-corrected chi connectivity index (χ4v) is 0.725. The summed E-state index contributed by atoms with van der Waals surface area (Å²) in [4.78, 5) is 3.28. The minimum Gasteiger partial charge on any atom is -0.422 e. The minimum atomic E-state index is -1.31. The summed E-state index contributed by atoms with van der Waals surface area (Å²) in [7, 11) is -1.31. The van der Waals surface area contributed by atoms with Crippen molar-refractivity contribution in [3.8, 4) is 0 Å². The van der Waals surface area contributed by atoms with Crippen LogP contribution in [-0.2, 0) is 4.21 Å². The molecule has 0 unspecified atom stereocenters.